The quantitative estimate of drug-likeness (QED) is 0.817. The lowest BCUT2D eigenvalue weighted by Crippen LogP contribution is -2.19. The smallest absolute Gasteiger partial charge is 0.101 e. The number of nitrogens with zero attached hydrogens (tertiary/aromatic N) is 1. The van der Waals surface area contributed by atoms with Crippen LogP contribution in [-0.4, -0.2) is 11.5 Å². The molecule has 20 heavy (non-hydrogen) atoms. The Hall–Kier alpha value is -1.03. The SMILES string of the molecule is CCCNC(C)c1ccc(Sc2ccc(Cl)cn2)cc1. The molecular weight excluding hydrogens is 288 g/mol. The van der Waals surface area contributed by atoms with Crippen LogP contribution in [0.25, 0.3) is 0 Å². The highest BCUT2D eigenvalue weighted by molar-refractivity contribution is 7.99. The van der Waals surface area contributed by atoms with E-state index < -0.39 is 0 Å². The van der Waals surface area contributed by atoms with Crippen molar-refractivity contribution in [1.82, 2.24) is 10.3 Å². The normalized spacial score (nSPS) is 12.3. The Bertz CT molecular complexity index is 525. The predicted molar refractivity (Wildman–Crippen MR) is 86.5 cm³/mol. The Kier molecular flexibility index (Phi) is 5.89. The van der Waals surface area contributed by atoms with E-state index in [-0.39, 0.29) is 0 Å². The van der Waals surface area contributed by atoms with Gasteiger partial charge in [-0.1, -0.05) is 42.4 Å². The molecule has 0 aliphatic rings. The molecule has 2 nitrogen and oxygen atoms in total. The molecule has 0 saturated heterocycles. The summed E-state index contributed by atoms with van der Waals surface area (Å²) in [7, 11) is 0. The van der Waals surface area contributed by atoms with Gasteiger partial charge in [0.05, 0.1) is 5.02 Å². The van der Waals surface area contributed by atoms with Crippen LogP contribution in [0.2, 0.25) is 5.02 Å². The van der Waals surface area contributed by atoms with Crippen LogP contribution in [0, 0.1) is 0 Å². The first kappa shape index (κ1) is 15.4. The molecule has 0 spiro atoms. The number of hydrogen-bond donors (Lipinski definition) is 1. The highest BCUT2D eigenvalue weighted by Crippen LogP contribution is 2.27. The van der Waals surface area contributed by atoms with Crippen LogP contribution in [0.3, 0.4) is 0 Å². The van der Waals surface area contributed by atoms with Gasteiger partial charge in [0.1, 0.15) is 5.03 Å². The lowest BCUT2D eigenvalue weighted by atomic mass is 10.1. The second-order valence-corrected chi connectivity index (χ2v) is 6.19. The lowest BCUT2D eigenvalue weighted by molar-refractivity contribution is 0.570. The molecule has 0 aliphatic heterocycles. The zero-order valence-electron chi connectivity index (χ0n) is 11.8. The average molecular weight is 307 g/mol. The van der Waals surface area contributed by atoms with E-state index in [1.54, 1.807) is 18.0 Å². The molecule has 1 aromatic heterocycles. The van der Waals surface area contributed by atoms with Gasteiger partial charge >= 0.3 is 0 Å². The largest absolute Gasteiger partial charge is 0.310 e. The topological polar surface area (TPSA) is 24.9 Å². The predicted octanol–water partition coefficient (Wildman–Crippen LogP) is 4.95. The fourth-order valence-electron chi connectivity index (χ4n) is 1.85. The van der Waals surface area contributed by atoms with Crippen molar-refractivity contribution < 1.29 is 0 Å². The van der Waals surface area contributed by atoms with Crippen molar-refractivity contribution in [2.75, 3.05) is 6.54 Å². The van der Waals surface area contributed by atoms with E-state index in [1.165, 1.54) is 10.5 Å². The van der Waals surface area contributed by atoms with Crippen LogP contribution < -0.4 is 5.32 Å². The van der Waals surface area contributed by atoms with Crippen LogP contribution in [0.15, 0.2) is 52.5 Å². The summed E-state index contributed by atoms with van der Waals surface area (Å²) >= 11 is 7.48. The van der Waals surface area contributed by atoms with Crippen molar-refractivity contribution in [3.05, 3.63) is 53.2 Å². The molecule has 1 heterocycles. The van der Waals surface area contributed by atoms with Crippen LogP contribution >= 0.6 is 23.4 Å². The highest BCUT2D eigenvalue weighted by atomic mass is 35.5. The molecule has 1 N–H and O–H groups in total. The van der Waals surface area contributed by atoms with E-state index in [4.69, 9.17) is 11.6 Å². The molecule has 106 valence electrons. The zero-order chi connectivity index (χ0) is 14.4. The van der Waals surface area contributed by atoms with E-state index in [9.17, 15) is 0 Å². The van der Waals surface area contributed by atoms with E-state index >= 15 is 0 Å². The molecule has 2 rings (SSSR count). The first-order valence-electron chi connectivity index (χ1n) is 6.82. The van der Waals surface area contributed by atoms with Crippen molar-refractivity contribution in [2.45, 2.75) is 36.2 Å². The first-order chi connectivity index (χ1) is 9.69. The Morgan fingerprint density at radius 1 is 1.20 bits per heavy atom. The number of aromatic nitrogens is 1. The third-order valence-electron chi connectivity index (χ3n) is 3.00. The number of halogens is 1. The molecule has 0 radical (unpaired) electrons. The summed E-state index contributed by atoms with van der Waals surface area (Å²) in [6.45, 7) is 5.42. The first-order valence-corrected chi connectivity index (χ1v) is 8.01. The standard InChI is InChI=1S/C16H19ClN2S/c1-3-10-18-12(2)13-4-7-15(8-5-13)20-16-9-6-14(17)11-19-16/h4-9,11-12,18H,3,10H2,1-2H3. The lowest BCUT2D eigenvalue weighted by Gasteiger charge is -2.13. The molecule has 0 bridgehead atoms. The van der Waals surface area contributed by atoms with E-state index in [1.807, 2.05) is 12.1 Å². The van der Waals surface area contributed by atoms with Crippen LogP contribution in [-0.2, 0) is 0 Å². The van der Waals surface area contributed by atoms with Gasteiger partial charge in [-0.05, 0) is 49.7 Å². The third kappa shape index (κ3) is 4.51. The van der Waals surface area contributed by atoms with Crippen molar-refractivity contribution >= 4 is 23.4 Å². The molecule has 4 heteroatoms. The molecule has 0 amide bonds. The number of benzene rings is 1. The fraction of sp³-hybridized carbons (Fsp3) is 0.312. The van der Waals surface area contributed by atoms with Gasteiger partial charge in [0.2, 0.25) is 0 Å². The van der Waals surface area contributed by atoms with Gasteiger partial charge < -0.3 is 5.32 Å². The Balaban J connectivity index is 1.99. The maximum Gasteiger partial charge on any atom is 0.101 e. The van der Waals surface area contributed by atoms with Gasteiger partial charge in [-0.25, -0.2) is 4.98 Å². The number of hydrogen-bond acceptors (Lipinski definition) is 3. The van der Waals surface area contributed by atoms with Gasteiger partial charge in [-0.15, -0.1) is 0 Å². The van der Waals surface area contributed by atoms with Crippen molar-refractivity contribution in [3.8, 4) is 0 Å². The van der Waals surface area contributed by atoms with E-state index in [0.717, 1.165) is 18.0 Å². The highest BCUT2D eigenvalue weighted by Gasteiger charge is 2.04. The van der Waals surface area contributed by atoms with Gasteiger partial charge in [0.15, 0.2) is 0 Å². The molecule has 0 fully saturated rings. The van der Waals surface area contributed by atoms with Gasteiger partial charge in [0, 0.05) is 17.1 Å². The number of pyridine rings is 1. The minimum atomic E-state index is 0.391. The van der Waals surface area contributed by atoms with Gasteiger partial charge in [-0.2, -0.15) is 0 Å². The summed E-state index contributed by atoms with van der Waals surface area (Å²) in [4.78, 5) is 5.48. The van der Waals surface area contributed by atoms with Gasteiger partial charge in [0.25, 0.3) is 0 Å². The van der Waals surface area contributed by atoms with Crippen LogP contribution in [0.4, 0.5) is 0 Å². The molecule has 2 aromatic rings. The molecule has 0 saturated carbocycles. The molecule has 0 aliphatic carbocycles. The minimum absolute atomic E-state index is 0.391. The fourth-order valence-corrected chi connectivity index (χ4v) is 2.71. The monoisotopic (exact) mass is 306 g/mol. The Morgan fingerprint density at radius 3 is 2.55 bits per heavy atom. The summed E-state index contributed by atoms with van der Waals surface area (Å²) < 4.78 is 0. The molecule has 1 atom stereocenters. The summed E-state index contributed by atoms with van der Waals surface area (Å²) in [6, 6.07) is 12.8. The molecule has 1 aromatic carbocycles. The summed E-state index contributed by atoms with van der Waals surface area (Å²) in [5.41, 5.74) is 1.31. The van der Waals surface area contributed by atoms with Crippen molar-refractivity contribution in [1.29, 1.82) is 0 Å². The van der Waals surface area contributed by atoms with Crippen LogP contribution in [0.1, 0.15) is 31.9 Å². The second-order valence-electron chi connectivity index (χ2n) is 4.66. The number of nitrogens with one attached hydrogen (secondary N) is 1. The van der Waals surface area contributed by atoms with E-state index in [2.05, 4.69) is 48.4 Å². The van der Waals surface area contributed by atoms with Gasteiger partial charge in [-0.3, -0.25) is 0 Å². The summed E-state index contributed by atoms with van der Waals surface area (Å²) in [6.07, 6.45) is 2.83. The molecule has 1 unspecified atom stereocenters. The third-order valence-corrected chi connectivity index (χ3v) is 4.19. The van der Waals surface area contributed by atoms with Crippen molar-refractivity contribution in [2.24, 2.45) is 0 Å². The Morgan fingerprint density at radius 2 is 1.95 bits per heavy atom. The minimum Gasteiger partial charge on any atom is -0.310 e. The van der Waals surface area contributed by atoms with Crippen LogP contribution in [0.5, 0.6) is 0 Å². The maximum absolute atomic E-state index is 5.83. The molecular formula is C16H19ClN2S. The average Bonchev–Trinajstić information content (AvgIpc) is 2.48. The van der Waals surface area contributed by atoms with E-state index in [0.29, 0.717) is 11.1 Å². The number of rotatable bonds is 6. The summed E-state index contributed by atoms with van der Waals surface area (Å²) in [5.74, 6) is 0. The zero-order valence-corrected chi connectivity index (χ0v) is 13.3. The maximum atomic E-state index is 5.83. The summed E-state index contributed by atoms with van der Waals surface area (Å²) in [5, 5.41) is 5.11. The second kappa shape index (κ2) is 7.67. The van der Waals surface area contributed by atoms with Crippen molar-refractivity contribution in [3.63, 3.8) is 0 Å². The Labute approximate surface area is 130 Å².